The van der Waals surface area contributed by atoms with E-state index >= 15 is 0 Å². The highest BCUT2D eigenvalue weighted by atomic mass is 32.2. The first-order valence-electron chi connectivity index (χ1n) is 9.45. The highest BCUT2D eigenvalue weighted by Gasteiger charge is 2.23. The predicted octanol–water partition coefficient (Wildman–Crippen LogP) is 4.74. The molecule has 4 aromatic rings. The fourth-order valence-corrected chi connectivity index (χ4v) is 4.68. The summed E-state index contributed by atoms with van der Waals surface area (Å²) in [6.45, 7) is 0. The third kappa shape index (κ3) is 3.71. The molecule has 1 atom stereocenters. The summed E-state index contributed by atoms with van der Waals surface area (Å²) in [5.74, 6) is -0.239. The number of thioether (sulfide) groups is 1. The molecule has 0 saturated carbocycles. The zero-order valence-corrected chi connectivity index (χ0v) is 16.6. The van der Waals surface area contributed by atoms with Crippen LogP contribution in [0.4, 0.5) is 10.1 Å². The molecule has 30 heavy (non-hydrogen) atoms. The van der Waals surface area contributed by atoms with Crippen molar-refractivity contribution in [1.82, 2.24) is 5.27 Å². The minimum atomic E-state index is -0.442. The molecule has 1 aliphatic rings. The van der Waals surface area contributed by atoms with Gasteiger partial charge < -0.3 is 0 Å². The first-order valence-corrected chi connectivity index (χ1v) is 10.3. The number of hydrogen-bond acceptors (Lipinski definition) is 4. The molecule has 3 aromatic carbocycles. The van der Waals surface area contributed by atoms with Crippen LogP contribution in [0.1, 0.15) is 22.8 Å². The molecule has 0 amide bonds. The largest absolute Gasteiger partial charge is 0.427 e. The lowest BCUT2D eigenvalue weighted by atomic mass is 10.0. The van der Waals surface area contributed by atoms with Gasteiger partial charge in [-0.2, -0.15) is 0 Å². The number of halogens is 1. The fraction of sp³-hybridized carbons (Fsp3) is 0.0870. The lowest BCUT2D eigenvalue weighted by Gasteiger charge is -2.16. The summed E-state index contributed by atoms with van der Waals surface area (Å²) in [7, 11) is 0. The van der Waals surface area contributed by atoms with Crippen LogP contribution in [-0.2, 0) is 0 Å². The maximum atomic E-state index is 13.4. The highest BCUT2D eigenvalue weighted by molar-refractivity contribution is 7.99. The van der Waals surface area contributed by atoms with Crippen LogP contribution in [-0.4, -0.2) is 11.0 Å². The second-order valence-corrected chi connectivity index (χ2v) is 8.19. The minimum absolute atomic E-state index is 0.118. The smallest absolute Gasteiger partial charge is 0.283 e. The number of nitrogens with one attached hydrogen (secondary N) is 1. The second kappa shape index (κ2) is 7.76. The number of H-pyrrole nitrogens is 1. The second-order valence-electron chi connectivity index (χ2n) is 6.95. The molecule has 0 spiro atoms. The lowest BCUT2D eigenvalue weighted by molar-refractivity contribution is -0.670. The topological polar surface area (TPSA) is 62.2 Å². The van der Waals surface area contributed by atoms with Gasteiger partial charge in [0.1, 0.15) is 5.82 Å². The van der Waals surface area contributed by atoms with Gasteiger partial charge in [-0.25, -0.2) is 9.18 Å². The number of hydrogen-bond donors (Lipinski definition) is 1. The standard InChI is InChI=1S/C23H16FN3O2S/c24-17-9-5-16(6-10-17)22-13-20(25-19-3-1-2-4-21(19)30-22)15-7-11-18(12-8-15)27-14-23(28)29-26-27/h1-12,14,22H,13H2/p+1. The molecule has 1 N–H and O–H groups in total. The van der Waals surface area contributed by atoms with Crippen LogP contribution in [0.15, 0.2) is 98.2 Å². The lowest BCUT2D eigenvalue weighted by Crippen LogP contribution is -2.32. The summed E-state index contributed by atoms with van der Waals surface area (Å²) < 4.78 is 19.7. The molecule has 0 bridgehead atoms. The summed E-state index contributed by atoms with van der Waals surface area (Å²) in [5.41, 5.74) is 4.29. The van der Waals surface area contributed by atoms with E-state index in [0.29, 0.717) is 6.42 Å². The van der Waals surface area contributed by atoms with E-state index in [4.69, 9.17) is 9.52 Å². The van der Waals surface area contributed by atoms with Crippen LogP contribution in [0, 0.1) is 5.82 Å². The molecular formula is C23H17FN3O2S+. The number of rotatable bonds is 3. The van der Waals surface area contributed by atoms with E-state index in [-0.39, 0.29) is 11.1 Å². The van der Waals surface area contributed by atoms with E-state index in [9.17, 15) is 9.18 Å². The van der Waals surface area contributed by atoms with Crippen LogP contribution in [0.3, 0.4) is 0 Å². The van der Waals surface area contributed by atoms with Gasteiger partial charge in [0.2, 0.25) is 5.69 Å². The van der Waals surface area contributed by atoms with Crippen LogP contribution >= 0.6 is 11.8 Å². The Labute approximate surface area is 175 Å². The third-order valence-corrected chi connectivity index (χ3v) is 6.29. The fourth-order valence-electron chi connectivity index (χ4n) is 3.45. The summed E-state index contributed by atoms with van der Waals surface area (Å²) in [6, 6.07) is 22.5. The first kappa shape index (κ1) is 18.6. The van der Waals surface area contributed by atoms with Gasteiger partial charge in [-0.15, -0.1) is 11.8 Å². The van der Waals surface area contributed by atoms with E-state index < -0.39 is 5.63 Å². The number of fused-ring (bicyclic) bond motifs is 1. The maximum Gasteiger partial charge on any atom is 0.427 e. The average molecular weight is 418 g/mol. The summed E-state index contributed by atoms with van der Waals surface area (Å²) >= 11 is 1.74. The third-order valence-electron chi connectivity index (χ3n) is 4.97. The van der Waals surface area contributed by atoms with Gasteiger partial charge in [-0.3, -0.25) is 9.52 Å². The van der Waals surface area contributed by atoms with Crippen LogP contribution in [0.5, 0.6) is 0 Å². The number of para-hydroxylation sites is 1. The van der Waals surface area contributed by atoms with Crippen molar-refractivity contribution in [3.63, 3.8) is 0 Å². The van der Waals surface area contributed by atoms with E-state index in [1.165, 1.54) is 23.0 Å². The van der Waals surface area contributed by atoms with Gasteiger partial charge in [0, 0.05) is 34.4 Å². The number of aromatic nitrogens is 2. The average Bonchev–Trinajstić information content (AvgIpc) is 3.11. The first-order chi connectivity index (χ1) is 14.7. The number of aromatic amines is 1. The number of aliphatic imine (C=N–C) groups is 1. The van der Waals surface area contributed by atoms with Crippen LogP contribution < -0.4 is 10.3 Å². The summed E-state index contributed by atoms with van der Waals surface area (Å²) in [5, 5.41) is 2.66. The summed E-state index contributed by atoms with van der Waals surface area (Å²) in [6.07, 6.45) is 2.05. The van der Waals surface area contributed by atoms with Crippen molar-refractivity contribution < 1.29 is 13.6 Å². The Morgan fingerprint density at radius 1 is 1.03 bits per heavy atom. The van der Waals surface area contributed by atoms with Crippen molar-refractivity contribution in [1.29, 1.82) is 0 Å². The van der Waals surface area contributed by atoms with Gasteiger partial charge >= 0.3 is 5.63 Å². The van der Waals surface area contributed by atoms with Crippen molar-refractivity contribution in [3.05, 3.63) is 106 Å². The molecule has 0 fully saturated rings. The zero-order valence-electron chi connectivity index (χ0n) is 15.8. The molecule has 5 rings (SSSR count). The van der Waals surface area contributed by atoms with Gasteiger partial charge in [0.05, 0.1) is 5.69 Å². The Balaban J connectivity index is 1.53. The van der Waals surface area contributed by atoms with Crippen molar-refractivity contribution >= 4 is 23.2 Å². The SMILES string of the molecule is O=c1c[n+](-c2ccc(C3=Nc4ccccc4SC(c4ccc(F)cc4)C3)cc2)[nH]o1. The molecule has 0 radical (unpaired) electrons. The Kier molecular flexibility index (Phi) is 4.80. The quantitative estimate of drug-likeness (QED) is 0.489. The monoisotopic (exact) mass is 418 g/mol. The molecule has 0 saturated heterocycles. The number of benzene rings is 3. The molecule has 148 valence electrons. The maximum absolute atomic E-state index is 13.4. The van der Waals surface area contributed by atoms with Gasteiger partial charge in [-0.05, 0) is 57.5 Å². The molecule has 2 heterocycles. The van der Waals surface area contributed by atoms with Crippen molar-refractivity contribution in [2.45, 2.75) is 16.6 Å². The predicted molar refractivity (Wildman–Crippen MR) is 113 cm³/mol. The molecule has 1 aliphatic heterocycles. The van der Waals surface area contributed by atoms with Gasteiger partial charge in [0.15, 0.2) is 0 Å². The molecular weight excluding hydrogens is 401 g/mol. The normalized spacial score (nSPS) is 15.9. The van der Waals surface area contributed by atoms with E-state index in [1.54, 1.807) is 11.8 Å². The highest BCUT2D eigenvalue weighted by Crippen LogP contribution is 2.45. The van der Waals surface area contributed by atoms with Crippen LogP contribution in [0.25, 0.3) is 5.69 Å². The molecule has 0 aliphatic carbocycles. The molecule has 1 unspecified atom stereocenters. The molecule has 1 aromatic heterocycles. The van der Waals surface area contributed by atoms with E-state index in [0.717, 1.165) is 33.1 Å². The van der Waals surface area contributed by atoms with Crippen molar-refractivity contribution in [3.8, 4) is 5.69 Å². The van der Waals surface area contributed by atoms with Gasteiger partial charge in [0.25, 0.3) is 6.20 Å². The van der Waals surface area contributed by atoms with Gasteiger partial charge in [-0.1, -0.05) is 24.3 Å². The molecule has 7 heteroatoms. The minimum Gasteiger partial charge on any atom is -0.283 e. The number of nitrogens with zero attached hydrogens (tertiary/aromatic N) is 2. The Bertz CT molecular complexity index is 1280. The Morgan fingerprint density at radius 3 is 2.53 bits per heavy atom. The Morgan fingerprint density at radius 2 is 1.80 bits per heavy atom. The Hall–Kier alpha value is -3.45. The van der Waals surface area contributed by atoms with Crippen molar-refractivity contribution in [2.75, 3.05) is 0 Å². The van der Waals surface area contributed by atoms with Crippen LogP contribution in [0.2, 0.25) is 0 Å². The van der Waals surface area contributed by atoms with E-state index in [2.05, 4.69) is 11.3 Å². The van der Waals surface area contributed by atoms with E-state index in [1.807, 2.05) is 54.6 Å². The van der Waals surface area contributed by atoms with Crippen molar-refractivity contribution in [2.24, 2.45) is 4.99 Å². The summed E-state index contributed by atoms with van der Waals surface area (Å²) in [4.78, 5) is 17.3. The molecule has 5 nitrogen and oxygen atoms in total. The zero-order chi connectivity index (χ0) is 20.5.